The van der Waals surface area contributed by atoms with Crippen LogP contribution in [0.25, 0.3) is 0 Å². The molecule has 3 heteroatoms. The highest BCUT2D eigenvalue weighted by atomic mass is 35.5. The lowest BCUT2D eigenvalue weighted by Gasteiger charge is -2.14. The summed E-state index contributed by atoms with van der Waals surface area (Å²) in [7, 11) is 0. The Morgan fingerprint density at radius 2 is 2.07 bits per heavy atom. The quantitative estimate of drug-likeness (QED) is 0.703. The first-order chi connectivity index (χ1) is 6.47. The second kappa shape index (κ2) is 6.66. The summed E-state index contributed by atoms with van der Waals surface area (Å²) in [5, 5.41) is 3.58. The Kier molecular flexibility index (Phi) is 6.30. The van der Waals surface area contributed by atoms with Crippen molar-refractivity contribution in [1.29, 1.82) is 0 Å². The fourth-order valence-corrected chi connectivity index (χ4v) is 1.27. The van der Waals surface area contributed by atoms with Crippen molar-refractivity contribution in [2.45, 2.75) is 33.2 Å². The van der Waals surface area contributed by atoms with E-state index in [9.17, 15) is 4.79 Å². The minimum absolute atomic E-state index is 0.0135. The average molecular weight is 216 g/mol. The first-order valence-electron chi connectivity index (χ1n) is 4.74. The summed E-state index contributed by atoms with van der Waals surface area (Å²) in [5.41, 5.74) is 0. The minimum Gasteiger partial charge on any atom is -0.353 e. The van der Waals surface area contributed by atoms with Gasteiger partial charge in [0.05, 0.1) is 0 Å². The molecule has 0 aliphatic carbocycles. The largest absolute Gasteiger partial charge is 0.353 e. The van der Waals surface area contributed by atoms with Crippen molar-refractivity contribution in [2.24, 2.45) is 5.92 Å². The zero-order valence-corrected chi connectivity index (χ0v) is 9.77. The van der Waals surface area contributed by atoms with Gasteiger partial charge in [-0.3, -0.25) is 4.79 Å². The smallest absolute Gasteiger partial charge is 0.222 e. The van der Waals surface area contributed by atoms with Gasteiger partial charge in [0.2, 0.25) is 5.91 Å². The molecule has 1 N–H and O–H groups in total. The average Bonchev–Trinajstić information content (AvgIpc) is 2.03. The summed E-state index contributed by atoms with van der Waals surface area (Å²) >= 11 is 5.88. The molecule has 14 heavy (non-hydrogen) atoms. The van der Waals surface area contributed by atoms with Crippen molar-refractivity contribution in [3.8, 4) is 0 Å². The Morgan fingerprint density at radius 3 is 2.50 bits per heavy atom. The van der Waals surface area contributed by atoms with Crippen LogP contribution in [0.2, 0.25) is 0 Å². The Bertz CT molecular complexity index is 233. The molecule has 0 fully saturated rings. The van der Waals surface area contributed by atoms with Crippen molar-refractivity contribution in [3.05, 3.63) is 23.8 Å². The number of nitrogens with one attached hydrogen (secondary N) is 1. The third kappa shape index (κ3) is 5.81. The molecule has 1 atom stereocenters. The van der Waals surface area contributed by atoms with Gasteiger partial charge in [-0.15, -0.1) is 0 Å². The first kappa shape index (κ1) is 13.2. The van der Waals surface area contributed by atoms with Gasteiger partial charge in [0.25, 0.3) is 0 Å². The Labute approximate surface area is 91.0 Å². The summed E-state index contributed by atoms with van der Waals surface area (Å²) in [6.45, 7) is 9.21. The van der Waals surface area contributed by atoms with Gasteiger partial charge >= 0.3 is 0 Å². The molecule has 0 spiro atoms. The van der Waals surface area contributed by atoms with Crippen molar-refractivity contribution in [3.63, 3.8) is 0 Å². The van der Waals surface area contributed by atoms with E-state index < -0.39 is 0 Å². The fourth-order valence-electron chi connectivity index (χ4n) is 0.949. The van der Waals surface area contributed by atoms with Crippen LogP contribution in [0.5, 0.6) is 0 Å². The molecule has 0 aromatic heterocycles. The molecule has 0 aliphatic heterocycles. The van der Waals surface area contributed by atoms with Crippen molar-refractivity contribution < 1.29 is 4.79 Å². The lowest BCUT2D eigenvalue weighted by Crippen LogP contribution is -2.35. The van der Waals surface area contributed by atoms with Crippen LogP contribution in [0.4, 0.5) is 0 Å². The number of amides is 1. The fraction of sp³-hybridized carbons (Fsp3) is 0.545. The van der Waals surface area contributed by atoms with E-state index in [-0.39, 0.29) is 17.9 Å². The molecule has 80 valence electrons. The topological polar surface area (TPSA) is 29.1 Å². The highest BCUT2D eigenvalue weighted by Crippen LogP contribution is 2.10. The van der Waals surface area contributed by atoms with Crippen molar-refractivity contribution >= 4 is 17.5 Å². The maximum Gasteiger partial charge on any atom is 0.222 e. The summed E-state index contributed by atoms with van der Waals surface area (Å²) in [5.74, 6) is 0.0696. The third-order valence-electron chi connectivity index (χ3n) is 1.71. The predicted molar refractivity (Wildman–Crippen MR) is 61.2 cm³/mol. The molecule has 0 radical (unpaired) electrons. The molecule has 0 aromatic rings. The van der Waals surface area contributed by atoms with Crippen LogP contribution in [0, 0.1) is 5.92 Å². The number of carbonyl (C=O) groups excluding carboxylic acids is 1. The zero-order valence-electron chi connectivity index (χ0n) is 9.01. The molecule has 2 nitrogen and oxygen atoms in total. The normalized spacial score (nSPS) is 13.9. The molecule has 0 saturated carbocycles. The molecule has 0 saturated heterocycles. The van der Waals surface area contributed by atoms with E-state index in [1.54, 1.807) is 12.2 Å². The predicted octanol–water partition coefficient (Wildman–Crippen LogP) is 2.85. The maximum absolute atomic E-state index is 11.3. The SMILES string of the molecule is C=C/C=C(/Cl)CC(C)NC(=O)C(C)C. The minimum atomic E-state index is 0.0135. The Balaban J connectivity index is 3.98. The molecule has 0 heterocycles. The number of carbonyl (C=O) groups is 1. The summed E-state index contributed by atoms with van der Waals surface area (Å²) < 4.78 is 0. The van der Waals surface area contributed by atoms with Gasteiger partial charge in [0.1, 0.15) is 0 Å². The van der Waals surface area contributed by atoms with E-state index in [1.165, 1.54) is 0 Å². The van der Waals surface area contributed by atoms with Crippen LogP contribution in [0.3, 0.4) is 0 Å². The summed E-state index contributed by atoms with van der Waals surface area (Å²) in [6.07, 6.45) is 4.02. The lowest BCUT2D eigenvalue weighted by atomic mass is 10.1. The maximum atomic E-state index is 11.3. The molecular formula is C11H18ClNO. The second-order valence-corrected chi connectivity index (χ2v) is 4.10. The molecule has 0 rings (SSSR count). The first-order valence-corrected chi connectivity index (χ1v) is 5.12. The number of hydrogen-bond acceptors (Lipinski definition) is 1. The van der Waals surface area contributed by atoms with Crippen LogP contribution in [0.15, 0.2) is 23.8 Å². The zero-order chi connectivity index (χ0) is 11.1. The Hall–Kier alpha value is -0.760. The van der Waals surface area contributed by atoms with Crippen LogP contribution in [-0.2, 0) is 4.79 Å². The monoisotopic (exact) mass is 215 g/mol. The van der Waals surface area contributed by atoms with Crippen molar-refractivity contribution in [1.82, 2.24) is 5.32 Å². The van der Waals surface area contributed by atoms with Gasteiger partial charge in [-0.2, -0.15) is 0 Å². The third-order valence-corrected chi connectivity index (χ3v) is 1.99. The van der Waals surface area contributed by atoms with E-state index in [1.807, 2.05) is 20.8 Å². The number of halogens is 1. The van der Waals surface area contributed by atoms with Gasteiger partial charge in [-0.05, 0) is 13.0 Å². The van der Waals surface area contributed by atoms with E-state index in [2.05, 4.69) is 11.9 Å². The molecule has 1 amide bonds. The molecule has 0 aliphatic rings. The van der Waals surface area contributed by atoms with E-state index in [4.69, 9.17) is 11.6 Å². The highest BCUT2D eigenvalue weighted by Gasteiger charge is 2.10. The van der Waals surface area contributed by atoms with Gasteiger partial charge in [-0.25, -0.2) is 0 Å². The summed E-state index contributed by atoms with van der Waals surface area (Å²) in [6, 6.07) is 0.0635. The lowest BCUT2D eigenvalue weighted by molar-refractivity contribution is -0.124. The van der Waals surface area contributed by atoms with E-state index in [0.717, 1.165) is 0 Å². The van der Waals surface area contributed by atoms with Crippen LogP contribution in [-0.4, -0.2) is 11.9 Å². The highest BCUT2D eigenvalue weighted by molar-refractivity contribution is 6.29. The van der Waals surface area contributed by atoms with Crippen LogP contribution < -0.4 is 5.32 Å². The van der Waals surface area contributed by atoms with Gasteiger partial charge in [0.15, 0.2) is 0 Å². The van der Waals surface area contributed by atoms with E-state index in [0.29, 0.717) is 11.5 Å². The molecule has 0 bridgehead atoms. The van der Waals surface area contributed by atoms with E-state index >= 15 is 0 Å². The van der Waals surface area contributed by atoms with Gasteiger partial charge < -0.3 is 5.32 Å². The van der Waals surface area contributed by atoms with Gasteiger partial charge in [0, 0.05) is 23.4 Å². The molecule has 1 unspecified atom stereocenters. The molecule has 0 aromatic carbocycles. The number of rotatable bonds is 5. The molecular weight excluding hydrogens is 198 g/mol. The summed E-state index contributed by atoms with van der Waals surface area (Å²) in [4.78, 5) is 11.3. The van der Waals surface area contributed by atoms with Crippen LogP contribution in [0.1, 0.15) is 27.2 Å². The number of allylic oxidation sites excluding steroid dienone is 2. The second-order valence-electron chi connectivity index (χ2n) is 3.62. The van der Waals surface area contributed by atoms with Gasteiger partial charge in [-0.1, -0.05) is 38.1 Å². The number of hydrogen-bond donors (Lipinski definition) is 1. The standard InChI is InChI=1S/C11H18ClNO/c1-5-6-10(12)7-9(4)13-11(14)8(2)3/h5-6,8-9H,1,7H2,2-4H3,(H,13,14)/b10-6+. The van der Waals surface area contributed by atoms with Crippen LogP contribution >= 0.6 is 11.6 Å². The van der Waals surface area contributed by atoms with Crippen molar-refractivity contribution in [2.75, 3.05) is 0 Å². The Morgan fingerprint density at radius 1 is 1.50 bits per heavy atom.